The molecule has 0 fully saturated rings. The predicted molar refractivity (Wildman–Crippen MR) is 73.9 cm³/mol. The Morgan fingerprint density at radius 2 is 1.67 bits per heavy atom. The van der Waals surface area contributed by atoms with Crippen LogP contribution in [0.3, 0.4) is 0 Å². The fraction of sp³-hybridized carbons (Fsp3) is 0. The molecule has 0 saturated carbocycles. The summed E-state index contributed by atoms with van der Waals surface area (Å²) in [6.07, 6.45) is 0. The zero-order valence-electron chi connectivity index (χ0n) is 9.37. The van der Waals surface area contributed by atoms with E-state index < -0.39 is 0 Å². The molecule has 3 rings (SSSR count). The first-order valence-corrected chi connectivity index (χ1v) is 6.35. The summed E-state index contributed by atoms with van der Waals surface area (Å²) >= 11 is 1.61. The summed E-state index contributed by atoms with van der Waals surface area (Å²) in [6, 6.07) is 14.8. The largest absolute Gasteiger partial charge is 0.277 e. The topological polar surface area (TPSA) is 43.1 Å². The number of hydrogen-bond donors (Lipinski definition) is 0. The summed E-state index contributed by atoms with van der Waals surface area (Å²) in [5, 5.41) is 14.1. The number of para-hydroxylation sites is 1. The maximum absolute atomic E-state index is 11.1. The lowest BCUT2D eigenvalue weighted by molar-refractivity contribution is -0.384. The predicted octanol–water partition coefficient (Wildman–Crippen LogP) is 4.48. The first-order chi connectivity index (χ1) is 8.77. The van der Waals surface area contributed by atoms with Gasteiger partial charge in [0.2, 0.25) is 0 Å². The molecule has 0 amide bonds. The molecular formula is C14H9NO2S. The molecule has 3 nitrogen and oxygen atoms in total. The SMILES string of the molecule is O=[N+]([O-])c1ccccc1-c1csc2ccccc12. The number of rotatable bonds is 2. The van der Waals surface area contributed by atoms with Gasteiger partial charge in [0, 0.05) is 27.1 Å². The first-order valence-electron chi connectivity index (χ1n) is 5.47. The molecule has 0 aliphatic rings. The van der Waals surface area contributed by atoms with Crippen molar-refractivity contribution in [2.75, 3.05) is 0 Å². The van der Waals surface area contributed by atoms with Crippen LogP contribution in [0.15, 0.2) is 53.9 Å². The smallest absolute Gasteiger partial charge is 0.258 e. The molecule has 1 aromatic heterocycles. The van der Waals surface area contributed by atoms with Crippen LogP contribution in [0.4, 0.5) is 5.69 Å². The van der Waals surface area contributed by atoms with Crippen molar-refractivity contribution >= 4 is 27.1 Å². The van der Waals surface area contributed by atoms with Gasteiger partial charge in [-0.05, 0) is 12.1 Å². The lowest BCUT2D eigenvalue weighted by atomic mass is 10.0. The lowest BCUT2D eigenvalue weighted by Gasteiger charge is -2.01. The van der Waals surface area contributed by atoms with Gasteiger partial charge in [0.25, 0.3) is 5.69 Å². The van der Waals surface area contributed by atoms with Crippen molar-refractivity contribution in [2.45, 2.75) is 0 Å². The highest BCUT2D eigenvalue weighted by Crippen LogP contribution is 2.37. The quantitative estimate of drug-likeness (QED) is 0.500. The number of nitro benzene ring substituents is 1. The van der Waals surface area contributed by atoms with Gasteiger partial charge in [0.05, 0.1) is 10.5 Å². The molecule has 1 heterocycles. The van der Waals surface area contributed by atoms with Gasteiger partial charge in [0.1, 0.15) is 0 Å². The van der Waals surface area contributed by atoms with Crippen LogP contribution in [0.5, 0.6) is 0 Å². The van der Waals surface area contributed by atoms with E-state index in [0.29, 0.717) is 5.56 Å². The van der Waals surface area contributed by atoms with Crippen molar-refractivity contribution in [1.82, 2.24) is 0 Å². The molecule has 4 heteroatoms. The first kappa shape index (κ1) is 10.9. The number of nitro groups is 1. The molecule has 0 aliphatic heterocycles. The Morgan fingerprint density at radius 3 is 2.50 bits per heavy atom. The molecule has 3 aromatic rings. The van der Waals surface area contributed by atoms with E-state index in [1.165, 1.54) is 0 Å². The average Bonchev–Trinajstić information content (AvgIpc) is 2.82. The zero-order valence-corrected chi connectivity index (χ0v) is 10.2. The second kappa shape index (κ2) is 4.23. The third kappa shape index (κ3) is 1.67. The van der Waals surface area contributed by atoms with Crippen LogP contribution in [0.25, 0.3) is 21.2 Å². The van der Waals surface area contributed by atoms with Crippen molar-refractivity contribution < 1.29 is 4.92 Å². The van der Waals surface area contributed by atoms with E-state index in [1.54, 1.807) is 29.5 Å². The molecule has 0 spiro atoms. The maximum Gasteiger partial charge on any atom is 0.277 e. The van der Waals surface area contributed by atoms with Crippen molar-refractivity contribution in [3.63, 3.8) is 0 Å². The average molecular weight is 255 g/mol. The van der Waals surface area contributed by atoms with Gasteiger partial charge in [-0.1, -0.05) is 30.3 Å². The van der Waals surface area contributed by atoms with E-state index in [4.69, 9.17) is 0 Å². The number of fused-ring (bicyclic) bond motifs is 1. The number of nitrogens with zero attached hydrogens (tertiary/aromatic N) is 1. The van der Waals surface area contributed by atoms with Crippen molar-refractivity contribution in [3.8, 4) is 11.1 Å². The van der Waals surface area contributed by atoms with Crippen molar-refractivity contribution in [2.24, 2.45) is 0 Å². The van der Waals surface area contributed by atoms with Crippen molar-refractivity contribution in [3.05, 3.63) is 64.0 Å². The molecule has 0 saturated heterocycles. The molecule has 0 N–H and O–H groups in total. The fourth-order valence-corrected chi connectivity index (χ4v) is 3.01. The summed E-state index contributed by atoms with van der Waals surface area (Å²) in [7, 11) is 0. The molecule has 0 atom stereocenters. The molecule has 0 aliphatic carbocycles. The molecule has 88 valence electrons. The molecular weight excluding hydrogens is 246 g/mol. The summed E-state index contributed by atoms with van der Waals surface area (Å²) in [4.78, 5) is 10.7. The second-order valence-electron chi connectivity index (χ2n) is 3.92. The van der Waals surface area contributed by atoms with Gasteiger partial charge in [-0.15, -0.1) is 11.3 Å². The number of thiophene rings is 1. The minimum atomic E-state index is -0.332. The normalized spacial score (nSPS) is 10.7. The third-order valence-electron chi connectivity index (χ3n) is 2.87. The van der Waals surface area contributed by atoms with Crippen LogP contribution in [0.1, 0.15) is 0 Å². The van der Waals surface area contributed by atoms with Gasteiger partial charge in [-0.3, -0.25) is 10.1 Å². The Hall–Kier alpha value is -2.20. The van der Waals surface area contributed by atoms with E-state index in [1.807, 2.05) is 35.7 Å². The summed E-state index contributed by atoms with van der Waals surface area (Å²) in [5.74, 6) is 0. The number of benzene rings is 2. The Morgan fingerprint density at radius 1 is 0.944 bits per heavy atom. The Bertz CT molecular complexity index is 733. The van der Waals surface area contributed by atoms with Gasteiger partial charge in [0.15, 0.2) is 0 Å². The minimum Gasteiger partial charge on any atom is -0.258 e. The van der Waals surface area contributed by atoms with E-state index in [9.17, 15) is 10.1 Å². The van der Waals surface area contributed by atoms with Gasteiger partial charge in [-0.25, -0.2) is 0 Å². The van der Waals surface area contributed by atoms with Crippen LogP contribution < -0.4 is 0 Å². The summed E-state index contributed by atoms with van der Waals surface area (Å²) in [5.41, 5.74) is 1.77. The van der Waals surface area contributed by atoms with Crippen LogP contribution in [0.2, 0.25) is 0 Å². The van der Waals surface area contributed by atoms with Crippen LogP contribution in [0, 0.1) is 10.1 Å². The lowest BCUT2D eigenvalue weighted by Crippen LogP contribution is -1.90. The molecule has 0 bridgehead atoms. The van der Waals surface area contributed by atoms with E-state index >= 15 is 0 Å². The summed E-state index contributed by atoms with van der Waals surface area (Å²) in [6.45, 7) is 0. The second-order valence-corrected chi connectivity index (χ2v) is 4.83. The summed E-state index contributed by atoms with van der Waals surface area (Å²) < 4.78 is 1.14. The monoisotopic (exact) mass is 255 g/mol. The van der Waals surface area contributed by atoms with E-state index in [2.05, 4.69) is 0 Å². The van der Waals surface area contributed by atoms with Gasteiger partial charge >= 0.3 is 0 Å². The molecule has 2 aromatic carbocycles. The Balaban J connectivity index is 2.30. The Kier molecular flexibility index (Phi) is 2.57. The zero-order chi connectivity index (χ0) is 12.5. The molecule has 0 radical (unpaired) electrons. The minimum absolute atomic E-state index is 0.154. The number of hydrogen-bond acceptors (Lipinski definition) is 3. The third-order valence-corrected chi connectivity index (χ3v) is 3.84. The van der Waals surface area contributed by atoms with Crippen molar-refractivity contribution in [1.29, 1.82) is 0 Å². The fourth-order valence-electron chi connectivity index (χ4n) is 2.05. The van der Waals surface area contributed by atoms with Crippen LogP contribution in [-0.2, 0) is 0 Å². The van der Waals surface area contributed by atoms with E-state index in [-0.39, 0.29) is 10.6 Å². The van der Waals surface area contributed by atoms with Gasteiger partial charge in [-0.2, -0.15) is 0 Å². The molecule has 18 heavy (non-hydrogen) atoms. The molecule has 0 unspecified atom stereocenters. The highest BCUT2D eigenvalue weighted by molar-refractivity contribution is 7.17. The van der Waals surface area contributed by atoms with Crippen LogP contribution in [-0.4, -0.2) is 4.92 Å². The maximum atomic E-state index is 11.1. The standard InChI is InChI=1S/C14H9NO2S/c16-15(17)13-7-3-1-5-10(13)12-9-18-14-8-4-2-6-11(12)14/h1-9H. The van der Waals surface area contributed by atoms with Crippen LogP contribution >= 0.6 is 11.3 Å². The Labute approximate surface area is 107 Å². The highest BCUT2D eigenvalue weighted by Gasteiger charge is 2.16. The highest BCUT2D eigenvalue weighted by atomic mass is 32.1. The van der Waals surface area contributed by atoms with E-state index in [0.717, 1.165) is 15.6 Å². The van der Waals surface area contributed by atoms with Gasteiger partial charge < -0.3 is 0 Å².